The fraction of sp³-hybridized carbons (Fsp3) is 0.421. The van der Waals surface area contributed by atoms with E-state index in [1.165, 1.54) is 0 Å². The molecule has 4 rings (SSSR count). The topological polar surface area (TPSA) is 102 Å². The molecule has 242 valence electrons. The molecule has 0 unspecified atom stereocenters. The summed E-state index contributed by atoms with van der Waals surface area (Å²) in [6, 6.07) is 0. The van der Waals surface area contributed by atoms with Crippen molar-refractivity contribution >= 4 is 34.8 Å². The summed E-state index contributed by atoms with van der Waals surface area (Å²) in [5.41, 5.74) is 11.9. The second-order valence-electron chi connectivity index (χ2n) is 14.1. The molecule has 0 amide bonds. The number of carbonyl (C=O) groups excluding carboxylic acids is 2. The van der Waals surface area contributed by atoms with E-state index in [0.717, 1.165) is 67.4 Å². The highest BCUT2D eigenvalue weighted by Gasteiger charge is 2.30. The Balaban J connectivity index is 1.62. The van der Waals surface area contributed by atoms with Crippen molar-refractivity contribution in [2.75, 3.05) is 0 Å². The van der Waals surface area contributed by atoms with Gasteiger partial charge in [0.05, 0.1) is 34.2 Å². The van der Waals surface area contributed by atoms with Crippen LogP contribution in [0.25, 0.3) is 0 Å². The molecule has 0 spiro atoms. The predicted molar refractivity (Wildman–Crippen MR) is 187 cm³/mol. The minimum atomic E-state index is -0.599. The molecule has 0 fully saturated rings. The lowest BCUT2D eigenvalue weighted by Gasteiger charge is -2.19. The maximum atomic E-state index is 12.8. The molecule has 0 radical (unpaired) electrons. The third kappa shape index (κ3) is 7.16. The summed E-state index contributed by atoms with van der Waals surface area (Å²) in [4.78, 5) is 44.6. The van der Waals surface area contributed by atoms with Gasteiger partial charge in [0.15, 0.2) is 11.4 Å². The van der Waals surface area contributed by atoms with E-state index in [4.69, 9.17) is 19.5 Å². The van der Waals surface area contributed by atoms with E-state index in [1.54, 1.807) is 0 Å². The lowest BCUT2D eigenvalue weighted by molar-refractivity contribution is -0.147. The Morgan fingerprint density at radius 2 is 0.761 bits per heavy atom. The molecular formula is C38H46N4O4. The summed E-state index contributed by atoms with van der Waals surface area (Å²) < 4.78 is 11.1. The highest BCUT2D eigenvalue weighted by atomic mass is 16.6. The van der Waals surface area contributed by atoms with Crippen LogP contribution < -0.4 is 0 Å². The van der Waals surface area contributed by atoms with Gasteiger partial charge in [0.25, 0.3) is 0 Å². The van der Waals surface area contributed by atoms with Crippen LogP contribution in [0.3, 0.4) is 0 Å². The maximum absolute atomic E-state index is 12.8. The average molecular weight is 623 g/mol. The summed E-state index contributed by atoms with van der Waals surface area (Å²) in [6.45, 7) is 26.9. The summed E-state index contributed by atoms with van der Waals surface area (Å²) in [5, 5.41) is 0. The number of ether oxygens (including phenoxy) is 2. The Hall–Kier alpha value is -4.46. The number of carbonyl (C=O) groups is 2. The summed E-state index contributed by atoms with van der Waals surface area (Å²) in [5.74, 6) is -0.848. The van der Waals surface area contributed by atoms with Crippen LogP contribution in [-0.2, 0) is 19.1 Å². The molecule has 0 atom stereocenters. The van der Waals surface area contributed by atoms with Crippen LogP contribution in [0, 0.1) is 0 Å². The molecule has 4 heterocycles. The first-order valence-electron chi connectivity index (χ1n) is 15.6. The molecule has 8 nitrogen and oxygen atoms in total. The highest BCUT2D eigenvalue weighted by Crippen LogP contribution is 2.33. The molecule has 0 saturated carbocycles. The SMILES string of the molecule is CC1=C(C)/C(=C/C2=NC(=C/C=C3N=C(/C=C4\N=C(C(=O)OC(C)(C)C)C(C)=C4C)C(C)=C/3C)/C(C)=C2C)N=C1C(=O)OC(C)(C)C. The monoisotopic (exact) mass is 622 g/mol. The van der Waals surface area contributed by atoms with E-state index in [9.17, 15) is 9.59 Å². The number of rotatable bonds is 5. The quantitative estimate of drug-likeness (QED) is 0.287. The summed E-state index contributed by atoms with van der Waals surface area (Å²) in [6.07, 6.45) is 7.83. The third-order valence-electron chi connectivity index (χ3n) is 8.34. The van der Waals surface area contributed by atoms with Crippen LogP contribution >= 0.6 is 0 Å². The van der Waals surface area contributed by atoms with Gasteiger partial charge in [0, 0.05) is 0 Å². The van der Waals surface area contributed by atoms with Gasteiger partial charge in [-0.05, 0) is 166 Å². The number of esters is 2. The van der Waals surface area contributed by atoms with E-state index in [1.807, 2.05) is 121 Å². The van der Waals surface area contributed by atoms with Crippen LogP contribution in [0.4, 0.5) is 0 Å². The zero-order valence-corrected chi connectivity index (χ0v) is 29.7. The van der Waals surface area contributed by atoms with E-state index in [2.05, 4.69) is 9.98 Å². The molecule has 0 N–H and O–H groups in total. The first-order chi connectivity index (χ1) is 21.2. The third-order valence-corrected chi connectivity index (χ3v) is 8.34. The van der Waals surface area contributed by atoms with Gasteiger partial charge in [0.2, 0.25) is 0 Å². The second kappa shape index (κ2) is 12.4. The zero-order valence-electron chi connectivity index (χ0n) is 29.7. The van der Waals surface area contributed by atoms with Gasteiger partial charge in [-0.15, -0.1) is 0 Å². The van der Waals surface area contributed by atoms with Gasteiger partial charge < -0.3 is 9.47 Å². The number of aliphatic imine (C=N–C) groups is 4. The standard InChI is InChI=1S/C38H46N4O4/c1-19-21(3)29(17-31-23(5)25(7)33(41-31)35(43)45-37(9,10)11)39-27(19)15-16-28-20(2)22(4)30(40-28)18-32-24(6)26(8)34(42-32)36(44)46-38(12,13)14/h15-18H,1-14H3/b27-15+,28-16+,31-17-,32-18-. The van der Waals surface area contributed by atoms with Crippen molar-refractivity contribution in [2.45, 2.75) is 108 Å². The smallest absolute Gasteiger partial charge is 0.357 e. The maximum Gasteiger partial charge on any atom is 0.357 e. The number of allylic oxidation sites excluding steroid dienone is 10. The number of nitrogens with zero attached hydrogens (tertiary/aromatic N) is 4. The molecule has 0 aromatic rings. The van der Waals surface area contributed by atoms with Gasteiger partial charge in [-0.3, -0.25) is 0 Å². The largest absolute Gasteiger partial charge is 0.455 e. The lowest BCUT2D eigenvalue weighted by atomic mass is 10.0. The van der Waals surface area contributed by atoms with E-state index in [0.29, 0.717) is 22.8 Å². The summed E-state index contributed by atoms with van der Waals surface area (Å²) in [7, 11) is 0. The molecule has 0 aliphatic carbocycles. The zero-order chi connectivity index (χ0) is 34.5. The Bertz CT molecular complexity index is 1690. The van der Waals surface area contributed by atoms with Crippen molar-refractivity contribution in [2.24, 2.45) is 20.0 Å². The minimum absolute atomic E-state index is 0.337. The fourth-order valence-corrected chi connectivity index (χ4v) is 5.03. The molecule has 0 bridgehead atoms. The molecule has 4 aliphatic rings. The van der Waals surface area contributed by atoms with E-state index >= 15 is 0 Å². The van der Waals surface area contributed by atoms with Crippen LogP contribution in [-0.4, -0.2) is 46.0 Å². The van der Waals surface area contributed by atoms with Crippen LogP contribution in [0.1, 0.15) is 96.9 Å². The Kier molecular flexibility index (Phi) is 9.26. The van der Waals surface area contributed by atoms with Gasteiger partial charge >= 0.3 is 11.9 Å². The molecule has 0 aromatic heterocycles. The Morgan fingerprint density at radius 3 is 1.07 bits per heavy atom. The number of hydrogen-bond donors (Lipinski definition) is 0. The molecule has 0 aromatic carbocycles. The number of hydrogen-bond acceptors (Lipinski definition) is 8. The predicted octanol–water partition coefficient (Wildman–Crippen LogP) is 8.37. The first-order valence-corrected chi connectivity index (χ1v) is 15.6. The highest BCUT2D eigenvalue weighted by molar-refractivity contribution is 6.45. The van der Waals surface area contributed by atoms with Crippen molar-refractivity contribution < 1.29 is 19.1 Å². The first kappa shape index (κ1) is 34.4. The van der Waals surface area contributed by atoms with Crippen molar-refractivity contribution in [1.82, 2.24) is 0 Å². The molecule has 46 heavy (non-hydrogen) atoms. The van der Waals surface area contributed by atoms with Crippen molar-refractivity contribution in [3.63, 3.8) is 0 Å². The van der Waals surface area contributed by atoms with Gasteiger partial charge in [0.1, 0.15) is 11.2 Å². The molecule has 8 heteroatoms. The van der Waals surface area contributed by atoms with Crippen molar-refractivity contribution in [3.8, 4) is 0 Å². The molecule has 0 saturated heterocycles. The Labute approximate surface area is 273 Å². The normalized spacial score (nSPS) is 22.7. The van der Waals surface area contributed by atoms with Gasteiger partial charge in [-0.25, -0.2) is 29.6 Å². The van der Waals surface area contributed by atoms with Crippen molar-refractivity contribution in [1.29, 1.82) is 0 Å². The summed E-state index contributed by atoms with van der Waals surface area (Å²) >= 11 is 0. The van der Waals surface area contributed by atoms with Crippen LogP contribution in [0.5, 0.6) is 0 Å². The Morgan fingerprint density at radius 1 is 0.457 bits per heavy atom. The molecular weight excluding hydrogens is 576 g/mol. The average Bonchev–Trinajstić information content (AvgIpc) is 3.57. The molecule has 4 aliphatic heterocycles. The van der Waals surface area contributed by atoms with Crippen molar-refractivity contribution in [3.05, 3.63) is 91.7 Å². The lowest BCUT2D eigenvalue weighted by Crippen LogP contribution is -2.28. The van der Waals surface area contributed by atoms with Gasteiger partial charge in [-0.1, -0.05) is 0 Å². The van der Waals surface area contributed by atoms with E-state index < -0.39 is 23.1 Å². The van der Waals surface area contributed by atoms with E-state index in [-0.39, 0.29) is 0 Å². The fourth-order valence-electron chi connectivity index (χ4n) is 5.03. The van der Waals surface area contributed by atoms with Crippen LogP contribution in [0.15, 0.2) is 112 Å². The minimum Gasteiger partial charge on any atom is -0.455 e. The van der Waals surface area contributed by atoms with Crippen LogP contribution in [0.2, 0.25) is 0 Å². The van der Waals surface area contributed by atoms with Gasteiger partial charge in [-0.2, -0.15) is 0 Å². The second-order valence-corrected chi connectivity index (χ2v) is 14.1.